The number of thioether (sulfide) groups is 1. The Morgan fingerprint density at radius 1 is 1.29 bits per heavy atom. The summed E-state index contributed by atoms with van der Waals surface area (Å²) < 4.78 is 5.39. The second-order valence-corrected chi connectivity index (χ2v) is 5.11. The third-order valence-electron chi connectivity index (χ3n) is 2.12. The smallest absolute Gasteiger partial charge is 0.276 e. The van der Waals surface area contributed by atoms with Gasteiger partial charge in [-0.15, -0.1) is 10.2 Å². The molecule has 2 rings (SSSR count). The molecule has 3 nitrogen and oxygen atoms in total. The molecule has 1 aromatic carbocycles. The Morgan fingerprint density at radius 3 is 2.76 bits per heavy atom. The molecule has 0 saturated heterocycles. The van der Waals surface area contributed by atoms with E-state index >= 15 is 0 Å². The topological polar surface area (TPSA) is 38.9 Å². The minimum absolute atomic E-state index is 0.563. The van der Waals surface area contributed by atoms with Crippen LogP contribution in [-0.2, 0) is 12.2 Å². The van der Waals surface area contributed by atoms with E-state index in [0.717, 1.165) is 12.0 Å². The lowest BCUT2D eigenvalue weighted by atomic mass is 10.2. The molecule has 0 bridgehead atoms. The summed E-state index contributed by atoms with van der Waals surface area (Å²) in [5.41, 5.74) is 0.998. The van der Waals surface area contributed by atoms with Crippen LogP contribution in [0.5, 0.6) is 0 Å². The summed E-state index contributed by atoms with van der Waals surface area (Å²) >= 11 is 13.3. The van der Waals surface area contributed by atoms with E-state index in [2.05, 4.69) is 10.2 Å². The summed E-state index contributed by atoms with van der Waals surface area (Å²) in [4.78, 5) is 0. The quantitative estimate of drug-likeness (QED) is 0.789. The van der Waals surface area contributed by atoms with Crippen LogP contribution in [0.1, 0.15) is 18.4 Å². The van der Waals surface area contributed by atoms with E-state index in [-0.39, 0.29) is 0 Å². The number of aromatic nitrogens is 2. The maximum atomic E-state index is 6.06. The van der Waals surface area contributed by atoms with Crippen LogP contribution in [0.3, 0.4) is 0 Å². The first-order valence-corrected chi connectivity index (χ1v) is 6.82. The van der Waals surface area contributed by atoms with E-state index in [0.29, 0.717) is 26.9 Å². The fourth-order valence-corrected chi connectivity index (χ4v) is 2.56. The Hall–Kier alpha value is -0.710. The van der Waals surface area contributed by atoms with Crippen LogP contribution in [0.25, 0.3) is 0 Å². The Bertz CT molecular complexity index is 516. The van der Waals surface area contributed by atoms with Gasteiger partial charge in [-0.3, -0.25) is 0 Å². The highest BCUT2D eigenvalue weighted by Gasteiger charge is 2.07. The normalized spacial score (nSPS) is 10.8. The van der Waals surface area contributed by atoms with Gasteiger partial charge in [0.1, 0.15) is 0 Å². The Morgan fingerprint density at radius 2 is 2.12 bits per heavy atom. The van der Waals surface area contributed by atoms with Gasteiger partial charge in [-0.2, -0.15) is 0 Å². The molecule has 0 unspecified atom stereocenters. The lowest BCUT2D eigenvalue weighted by Gasteiger charge is -2.01. The molecular formula is C11H10Cl2N2OS. The molecule has 0 saturated carbocycles. The number of rotatable bonds is 4. The van der Waals surface area contributed by atoms with Crippen LogP contribution in [0, 0.1) is 0 Å². The van der Waals surface area contributed by atoms with Crippen LogP contribution in [-0.4, -0.2) is 10.2 Å². The highest BCUT2D eigenvalue weighted by molar-refractivity contribution is 7.98. The fraction of sp³-hybridized carbons (Fsp3) is 0.273. The molecule has 2 aromatic rings. The van der Waals surface area contributed by atoms with Gasteiger partial charge in [-0.1, -0.05) is 48.0 Å². The Balaban J connectivity index is 2.02. The van der Waals surface area contributed by atoms with Gasteiger partial charge in [0.2, 0.25) is 5.89 Å². The maximum Gasteiger partial charge on any atom is 0.276 e. The third-order valence-corrected chi connectivity index (χ3v) is 3.57. The number of hydrogen-bond acceptors (Lipinski definition) is 4. The van der Waals surface area contributed by atoms with Gasteiger partial charge in [0.05, 0.1) is 0 Å². The van der Waals surface area contributed by atoms with E-state index in [1.54, 1.807) is 6.07 Å². The molecule has 1 aromatic heterocycles. The van der Waals surface area contributed by atoms with Gasteiger partial charge in [-0.05, 0) is 17.7 Å². The maximum absolute atomic E-state index is 6.06. The summed E-state index contributed by atoms with van der Waals surface area (Å²) in [6, 6.07) is 5.44. The minimum Gasteiger partial charge on any atom is -0.416 e. The van der Waals surface area contributed by atoms with Crippen molar-refractivity contribution in [2.24, 2.45) is 0 Å². The predicted molar refractivity (Wildman–Crippen MR) is 69.7 cm³/mol. The molecule has 0 spiro atoms. The standard InChI is InChI=1S/C11H10Cl2N2OS/c1-2-10-14-15-11(16-10)17-6-7-3-4-8(12)5-9(7)13/h3-5H,2,6H2,1H3. The zero-order valence-corrected chi connectivity index (χ0v) is 11.4. The predicted octanol–water partition coefficient (Wildman–Crippen LogP) is 4.23. The van der Waals surface area contributed by atoms with Crippen molar-refractivity contribution in [3.8, 4) is 0 Å². The number of aryl methyl sites for hydroxylation is 1. The zero-order valence-electron chi connectivity index (χ0n) is 9.11. The molecule has 90 valence electrons. The highest BCUT2D eigenvalue weighted by atomic mass is 35.5. The number of benzene rings is 1. The van der Waals surface area contributed by atoms with Gasteiger partial charge in [0.25, 0.3) is 5.22 Å². The van der Waals surface area contributed by atoms with Gasteiger partial charge >= 0.3 is 0 Å². The van der Waals surface area contributed by atoms with Crippen molar-refractivity contribution in [3.63, 3.8) is 0 Å². The SMILES string of the molecule is CCc1nnc(SCc2ccc(Cl)cc2Cl)o1. The average molecular weight is 289 g/mol. The van der Waals surface area contributed by atoms with E-state index < -0.39 is 0 Å². The zero-order chi connectivity index (χ0) is 12.3. The minimum atomic E-state index is 0.563. The first-order valence-electron chi connectivity index (χ1n) is 5.08. The van der Waals surface area contributed by atoms with Gasteiger partial charge in [-0.25, -0.2) is 0 Å². The molecule has 6 heteroatoms. The second-order valence-electron chi connectivity index (χ2n) is 3.34. The van der Waals surface area contributed by atoms with E-state index in [1.807, 2.05) is 19.1 Å². The Labute approximate surface area is 114 Å². The van der Waals surface area contributed by atoms with E-state index in [9.17, 15) is 0 Å². The highest BCUT2D eigenvalue weighted by Crippen LogP contribution is 2.27. The molecule has 1 heterocycles. The van der Waals surface area contributed by atoms with Crippen LogP contribution >= 0.6 is 35.0 Å². The molecule has 0 atom stereocenters. The molecule has 0 aliphatic heterocycles. The molecule has 0 aliphatic carbocycles. The van der Waals surface area contributed by atoms with Crippen molar-refractivity contribution < 1.29 is 4.42 Å². The van der Waals surface area contributed by atoms with Gasteiger partial charge in [0, 0.05) is 22.2 Å². The van der Waals surface area contributed by atoms with E-state index in [1.165, 1.54) is 11.8 Å². The summed E-state index contributed by atoms with van der Waals surface area (Å²) in [5, 5.41) is 9.67. The van der Waals surface area contributed by atoms with Gasteiger partial charge in [0.15, 0.2) is 0 Å². The van der Waals surface area contributed by atoms with Crippen molar-refractivity contribution in [1.82, 2.24) is 10.2 Å². The first-order chi connectivity index (χ1) is 8.19. The molecule has 17 heavy (non-hydrogen) atoms. The van der Waals surface area contributed by atoms with Crippen molar-refractivity contribution in [2.45, 2.75) is 24.3 Å². The van der Waals surface area contributed by atoms with Crippen LogP contribution < -0.4 is 0 Å². The third kappa shape index (κ3) is 3.37. The lowest BCUT2D eigenvalue weighted by Crippen LogP contribution is -1.82. The van der Waals surface area contributed by atoms with Crippen molar-refractivity contribution >= 4 is 35.0 Å². The molecule has 0 amide bonds. The molecule has 0 radical (unpaired) electrons. The largest absolute Gasteiger partial charge is 0.416 e. The van der Waals surface area contributed by atoms with Crippen LogP contribution in [0.4, 0.5) is 0 Å². The first kappa shape index (κ1) is 12.7. The van der Waals surface area contributed by atoms with Crippen LogP contribution in [0.2, 0.25) is 10.0 Å². The number of halogens is 2. The molecular weight excluding hydrogens is 279 g/mol. The van der Waals surface area contributed by atoms with Crippen molar-refractivity contribution in [1.29, 1.82) is 0 Å². The van der Waals surface area contributed by atoms with Crippen molar-refractivity contribution in [3.05, 3.63) is 39.7 Å². The lowest BCUT2D eigenvalue weighted by molar-refractivity contribution is 0.417. The fourth-order valence-electron chi connectivity index (χ4n) is 1.22. The molecule has 0 aliphatic rings. The monoisotopic (exact) mass is 288 g/mol. The summed E-state index contributed by atoms with van der Waals surface area (Å²) in [6.45, 7) is 1.97. The van der Waals surface area contributed by atoms with E-state index in [4.69, 9.17) is 27.6 Å². The number of nitrogens with zero attached hydrogens (tertiary/aromatic N) is 2. The second kappa shape index (κ2) is 5.76. The van der Waals surface area contributed by atoms with Crippen LogP contribution in [0.15, 0.2) is 27.8 Å². The van der Waals surface area contributed by atoms with Crippen molar-refractivity contribution in [2.75, 3.05) is 0 Å². The van der Waals surface area contributed by atoms with Gasteiger partial charge < -0.3 is 4.42 Å². The summed E-state index contributed by atoms with van der Waals surface area (Å²) in [7, 11) is 0. The number of hydrogen-bond donors (Lipinski definition) is 0. The summed E-state index contributed by atoms with van der Waals surface area (Å²) in [6.07, 6.45) is 0.745. The molecule has 0 fully saturated rings. The average Bonchev–Trinajstić information content (AvgIpc) is 2.76. The Kier molecular flexibility index (Phi) is 4.31. The molecule has 0 N–H and O–H groups in total. The summed E-state index contributed by atoms with van der Waals surface area (Å²) in [5.74, 6) is 1.33.